The van der Waals surface area contributed by atoms with Gasteiger partial charge in [-0.25, -0.2) is 0 Å². The minimum Gasteiger partial charge on any atom is -0.456 e. The number of nitrogens with zero attached hydrogens (tertiary/aromatic N) is 1. The summed E-state index contributed by atoms with van der Waals surface area (Å²) in [5.41, 5.74) is 5.21. The van der Waals surface area contributed by atoms with Gasteiger partial charge in [0.15, 0.2) is 0 Å². The van der Waals surface area contributed by atoms with Crippen LogP contribution in [0, 0.1) is 6.92 Å². The molecule has 0 spiro atoms. The second-order valence-corrected chi connectivity index (χ2v) is 7.67. The van der Waals surface area contributed by atoms with Crippen LogP contribution in [0.25, 0.3) is 55.1 Å². The van der Waals surface area contributed by atoms with E-state index in [2.05, 4.69) is 73.7 Å². The van der Waals surface area contributed by atoms with Gasteiger partial charge in [0.2, 0.25) is 0 Å². The Kier molecular flexibility index (Phi) is 3.72. The van der Waals surface area contributed by atoms with Crippen LogP contribution in [-0.4, -0.2) is 4.98 Å². The highest BCUT2D eigenvalue weighted by atomic mass is 16.3. The van der Waals surface area contributed by atoms with E-state index in [1.54, 1.807) is 0 Å². The lowest BCUT2D eigenvalue weighted by Crippen LogP contribution is -1.89. The number of pyridine rings is 1. The number of hydrogen-bond donors (Lipinski definition) is 0. The molecule has 2 nitrogen and oxygen atoms in total. The van der Waals surface area contributed by atoms with E-state index in [9.17, 15) is 0 Å². The lowest BCUT2D eigenvalue weighted by molar-refractivity contribution is 0.629. The summed E-state index contributed by atoms with van der Waals surface area (Å²) in [6.45, 7) is 2.12. The molecule has 2 heterocycles. The molecule has 6 aromatic rings. The van der Waals surface area contributed by atoms with E-state index in [1.165, 1.54) is 21.5 Å². The van der Waals surface area contributed by atoms with Gasteiger partial charge in [-0.05, 0) is 52.7 Å². The molecule has 2 heteroatoms. The van der Waals surface area contributed by atoms with Crippen molar-refractivity contribution < 1.29 is 4.42 Å². The summed E-state index contributed by atoms with van der Waals surface area (Å²) in [6.07, 6.45) is 1.88. The third-order valence-electron chi connectivity index (χ3n) is 5.91. The van der Waals surface area contributed by atoms with Crippen LogP contribution >= 0.6 is 0 Å². The Morgan fingerprint density at radius 2 is 1.37 bits per heavy atom. The highest BCUT2D eigenvalue weighted by Gasteiger charge is 2.14. The molecule has 0 fully saturated rings. The maximum absolute atomic E-state index is 6.21. The average molecular weight is 385 g/mol. The summed E-state index contributed by atoms with van der Waals surface area (Å²) in [4.78, 5) is 4.73. The molecule has 30 heavy (non-hydrogen) atoms. The van der Waals surface area contributed by atoms with Gasteiger partial charge in [-0.15, -0.1) is 0 Å². The standard InChI is InChI=1S/C28H19NO/c1-18-21-9-6-7-13-27(21)30-28(18)20-14-15-29-26(17-20)25-16-19-8-2-3-10-22(19)23-11-4-5-12-24(23)25/h2-17H,1H3. The zero-order valence-corrected chi connectivity index (χ0v) is 16.6. The van der Waals surface area contributed by atoms with Crippen molar-refractivity contribution in [2.45, 2.75) is 6.92 Å². The Bertz CT molecular complexity index is 1560. The first-order chi connectivity index (χ1) is 14.8. The lowest BCUT2D eigenvalue weighted by atomic mass is 9.95. The SMILES string of the molecule is Cc1c(-c2ccnc(-c3cc4ccccc4c4ccccc34)c2)oc2ccccc12. The van der Waals surface area contributed by atoms with Gasteiger partial charge in [0.05, 0.1) is 5.69 Å². The van der Waals surface area contributed by atoms with Gasteiger partial charge in [-0.3, -0.25) is 4.98 Å². The van der Waals surface area contributed by atoms with Crippen LogP contribution in [0.2, 0.25) is 0 Å². The zero-order chi connectivity index (χ0) is 20.1. The number of fused-ring (bicyclic) bond motifs is 4. The van der Waals surface area contributed by atoms with E-state index >= 15 is 0 Å². The molecule has 6 rings (SSSR count). The Balaban J connectivity index is 1.60. The second kappa shape index (κ2) is 6.57. The average Bonchev–Trinajstić information content (AvgIpc) is 3.15. The third kappa shape index (κ3) is 2.54. The highest BCUT2D eigenvalue weighted by molar-refractivity contribution is 6.13. The second-order valence-electron chi connectivity index (χ2n) is 7.67. The van der Waals surface area contributed by atoms with Crippen LogP contribution in [0.3, 0.4) is 0 Å². The molecule has 0 aliphatic heterocycles. The first-order valence-electron chi connectivity index (χ1n) is 10.1. The molecule has 0 saturated heterocycles. The first kappa shape index (κ1) is 17.0. The molecule has 0 N–H and O–H groups in total. The molecule has 0 unspecified atom stereocenters. The van der Waals surface area contributed by atoms with Crippen LogP contribution in [-0.2, 0) is 0 Å². The molecule has 0 atom stereocenters. The van der Waals surface area contributed by atoms with Crippen molar-refractivity contribution in [3.05, 3.63) is 103 Å². The van der Waals surface area contributed by atoms with Gasteiger partial charge in [-0.1, -0.05) is 66.7 Å². The van der Waals surface area contributed by atoms with Crippen LogP contribution in [0.5, 0.6) is 0 Å². The molecule has 0 radical (unpaired) electrons. The van der Waals surface area contributed by atoms with Crippen molar-refractivity contribution in [2.75, 3.05) is 0 Å². The topological polar surface area (TPSA) is 26.0 Å². The monoisotopic (exact) mass is 385 g/mol. The van der Waals surface area contributed by atoms with Crippen LogP contribution in [0.15, 0.2) is 102 Å². The van der Waals surface area contributed by atoms with Gasteiger partial charge in [-0.2, -0.15) is 0 Å². The molecule has 0 bridgehead atoms. The maximum atomic E-state index is 6.21. The number of para-hydroxylation sites is 1. The van der Waals surface area contributed by atoms with Crippen molar-refractivity contribution in [1.82, 2.24) is 4.98 Å². The molecule has 142 valence electrons. The van der Waals surface area contributed by atoms with E-state index in [4.69, 9.17) is 9.40 Å². The quantitative estimate of drug-likeness (QED) is 0.284. The van der Waals surface area contributed by atoms with Gasteiger partial charge in [0.1, 0.15) is 11.3 Å². The molecule has 0 aliphatic carbocycles. The number of hydrogen-bond acceptors (Lipinski definition) is 2. The normalized spacial score (nSPS) is 11.5. The number of furan rings is 1. The third-order valence-corrected chi connectivity index (χ3v) is 5.91. The predicted octanol–water partition coefficient (Wildman–Crippen LogP) is 7.78. The predicted molar refractivity (Wildman–Crippen MR) is 125 cm³/mol. The largest absolute Gasteiger partial charge is 0.456 e. The fraction of sp³-hybridized carbons (Fsp3) is 0.0357. The van der Waals surface area contributed by atoms with Crippen LogP contribution in [0.1, 0.15) is 5.56 Å². The van der Waals surface area contributed by atoms with E-state index in [0.29, 0.717) is 0 Å². The Morgan fingerprint density at radius 1 is 0.667 bits per heavy atom. The van der Waals surface area contributed by atoms with Crippen molar-refractivity contribution in [1.29, 1.82) is 0 Å². The van der Waals surface area contributed by atoms with Crippen molar-refractivity contribution in [3.8, 4) is 22.6 Å². The minimum absolute atomic E-state index is 0.907. The summed E-state index contributed by atoms with van der Waals surface area (Å²) in [7, 11) is 0. The fourth-order valence-corrected chi connectivity index (χ4v) is 4.43. The number of aryl methyl sites for hydroxylation is 1. The summed E-state index contributed by atoms with van der Waals surface area (Å²) < 4.78 is 6.21. The highest BCUT2D eigenvalue weighted by Crippen LogP contribution is 2.37. The first-order valence-corrected chi connectivity index (χ1v) is 10.1. The van der Waals surface area contributed by atoms with Crippen LogP contribution in [0.4, 0.5) is 0 Å². The Hall–Kier alpha value is -3.91. The lowest BCUT2D eigenvalue weighted by Gasteiger charge is -2.11. The van der Waals surface area contributed by atoms with Gasteiger partial charge in [0, 0.05) is 28.3 Å². The molecule has 0 aliphatic rings. The summed E-state index contributed by atoms with van der Waals surface area (Å²) >= 11 is 0. The summed E-state index contributed by atoms with van der Waals surface area (Å²) in [6, 6.07) is 31.7. The molecular weight excluding hydrogens is 366 g/mol. The Morgan fingerprint density at radius 3 is 2.20 bits per heavy atom. The van der Waals surface area contributed by atoms with E-state index < -0.39 is 0 Å². The smallest absolute Gasteiger partial charge is 0.138 e. The van der Waals surface area contributed by atoms with Crippen molar-refractivity contribution >= 4 is 32.5 Å². The zero-order valence-electron chi connectivity index (χ0n) is 16.6. The fourth-order valence-electron chi connectivity index (χ4n) is 4.43. The van der Waals surface area contributed by atoms with E-state index in [0.717, 1.165) is 39.1 Å². The molecule has 4 aromatic carbocycles. The molecule has 0 amide bonds. The van der Waals surface area contributed by atoms with E-state index in [-0.39, 0.29) is 0 Å². The van der Waals surface area contributed by atoms with Crippen molar-refractivity contribution in [3.63, 3.8) is 0 Å². The Labute approximate surface area is 174 Å². The molecule has 2 aromatic heterocycles. The number of rotatable bonds is 2. The molecule has 0 saturated carbocycles. The van der Waals surface area contributed by atoms with E-state index in [1.807, 2.05) is 30.5 Å². The van der Waals surface area contributed by atoms with Gasteiger partial charge >= 0.3 is 0 Å². The van der Waals surface area contributed by atoms with Gasteiger partial charge in [0.25, 0.3) is 0 Å². The minimum atomic E-state index is 0.907. The van der Waals surface area contributed by atoms with Crippen molar-refractivity contribution in [2.24, 2.45) is 0 Å². The van der Waals surface area contributed by atoms with Gasteiger partial charge < -0.3 is 4.42 Å². The number of benzene rings is 4. The summed E-state index contributed by atoms with van der Waals surface area (Å²) in [5, 5.41) is 6.10. The number of aromatic nitrogens is 1. The maximum Gasteiger partial charge on any atom is 0.138 e. The molecular formula is C28H19NO. The van der Waals surface area contributed by atoms with Crippen LogP contribution < -0.4 is 0 Å². The summed E-state index contributed by atoms with van der Waals surface area (Å²) in [5.74, 6) is 0.907.